The minimum absolute atomic E-state index is 0.248. The monoisotopic (exact) mass is 356 g/mol. The Morgan fingerprint density at radius 2 is 1.88 bits per heavy atom. The fourth-order valence-corrected chi connectivity index (χ4v) is 3.45. The van der Waals surface area contributed by atoms with Crippen LogP contribution in [-0.2, 0) is 14.3 Å². The van der Waals surface area contributed by atoms with Crippen LogP contribution in [0.25, 0.3) is 5.57 Å². The van der Waals surface area contributed by atoms with Crippen LogP contribution >= 0.6 is 11.3 Å². The van der Waals surface area contributed by atoms with E-state index in [0.717, 1.165) is 10.6 Å². The van der Waals surface area contributed by atoms with Crippen LogP contribution in [0, 0.1) is 0 Å². The zero-order valence-corrected chi connectivity index (χ0v) is 14.8. The topological polar surface area (TPSA) is 58.6 Å². The molecule has 2 amide bonds. The Morgan fingerprint density at radius 1 is 1.08 bits per heavy atom. The van der Waals surface area contributed by atoms with E-state index in [4.69, 9.17) is 4.74 Å². The van der Waals surface area contributed by atoms with Gasteiger partial charge < -0.3 is 10.1 Å². The average molecular weight is 356 g/mol. The maximum atomic E-state index is 12.9. The molecule has 1 N–H and O–H groups in total. The summed E-state index contributed by atoms with van der Waals surface area (Å²) in [4.78, 5) is 27.8. The molecule has 0 aliphatic carbocycles. The Hall–Kier alpha value is -2.44. The molecule has 0 fully saturated rings. The predicted octanol–water partition coefficient (Wildman–Crippen LogP) is 3.37. The van der Waals surface area contributed by atoms with Crippen molar-refractivity contribution in [1.29, 1.82) is 0 Å². The number of anilines is 1. The highest BCUT2D eigenvalue weighted by atomic mass is 32.1. The lowest BCUT2D eigenvalue weighted by molar-refractivity contribution is -0.137. The molecule has 0 unspecified atom stereocenters. The number of carbonyl (C=O) groups is 2. The molecule has 0 spiro atoms. The van der Waals surface area contributed by atoms with E-state index < -0.39 is 0 Å². The number of amides is 2. The van der Waals surface area contributed by atoms with Crippen LogP contribution in [0.1, 0.15) is 18.2 Å². The Kier molecular flexibility index (Phi) is 5.63. The van der Waals surface area contributed by atoms with E-state index >= 15 is 0 Å². The number of thiophene rings is 1. The second-order valence-electron chi connectivity index (χ2n) is 5.53. The molecule has 0 atom stereocenters. The molecule has 1 aliphatic heterocycles. The van der Waals surface area contributed by atoms with Crippen LogP contribution in [0.15, 0.2) is 53.5 Å². The van der Waals surface area contributed by atoms with Crippen molar-refractivity contribution < 1.29 is 14.3 Å². The van der Waals surface area contributed by atoms with E-state index in [9.17, 15) is 9.59 Å². The molecule has 3 rings (SSSR count). The van der Waals surface area contributed by atoms with Gasteiger partial charge in [-0.3, -0.25) is 14.5 Å². The van der Waals surface area contributed by atoms with Crippen molar-refractivity contribution in [2.75, 3.05) is 25.1 Å². The largest absolute Gasteiger partial charge is 0.382 e. The molecule has 0 saturated carbocycles. The van der Waals surface area contributed by atoms with Crippen molar-refractivity contribution in [2.24, 2.45) is 0 Å². The van der Waals surface area contributed by atoms with E-state index in [0.29, 0.717) is 37.4 Å². The van der Waals surface area contributed by atoms with Crippen molar-refractivity contribution in [1.82, 2.24) is 4.90 Å². The normalized spacial score (nSPS) is 14.5. The van der Waals surface area contributed by atoms with Gasteiger partial charge in [0.25, 0.3) is 11.8 Å². The molecule has 1 aliphatic rings. The van der Waals surface area contributed by atoms with E-state index in [1.807, 2.05) is 54.8 Å². The molecular weight excluding hydrogens is 336 g/mol. The number of hydrogen-bond donors (Lipinski definition) is 1. The molecule has 1 aromatic heterocycles. The molecule has 2 aromatic rings. The first-order valence-corrected chi connectivity index (χ1v) is 9.14. The third-order valence-corrected chi connectivity index (χ3v) is 4.74. The van der Waals surface area contributed by atoms with Crippen LogP contribution in [0.2, 0.25) is 0 Å². The summed E-state index contributed by atoms with van der Waals surface area (Å²) in [5, 5.41) is 5.03. The lowest BCUT2D eigenvalue weighted by atomic mass is 10.2. The van der Waals surface area contributed by atoms with Crippen molar-refractivity contribution >= 4 is 34.4 Å². The van der Waals surface area contributed by atoms with Crippen molar-refractivity contribution in [3.05, 3.63) is 58.4 Å². The SMILES string of the molecule is CCOCCCN1C(=O)C(Nc2ccccc2)=C(c2cccs2)C1=O. The second kappa shape index (κ2) is 8.09. The third-order valence-electron chi connectivity index (χ3n) is 3.85. The summed E-state index contributed by atoms with van der Waals surface area (Å²) in [6, 6.07) is 13.2. The minimum atomic E-state index is -0.284. The van der Waals surface area contributed by atoms with E-state index in [2.05, 4.69) is 5.32 Å². The van der Waals surface area contributed by atoms with Crippen LogP contribution in [0.4, 0.5) is 5.69 Å². The van der Waals surface area contributed by atoms with E-state index in [-0.39, 0.29) is 11.8 Å². The molecule has 0 radical (unpaired) electrons. The molecule has 1 aromatic carbocycles. The van der Waals surface area contributed by atoms with Crippen molar-refractivity contribution in [2.45, 2.75) is 13.3 Å². The first-order chi connectivity index (χ1) is 12.2. The zero-order valence-electron chi connectivity index (χ0n) is 14.0. The van der Waals surface area contributed by atoms with Crippen molar-refractivity contribution in [3.63, 3.8) is 0 Å². The average Bonchev–Trinajstić information content (AvgIpc) is 3.22. The van der Waals surface area contributed by atoms with Crippen LogP contribution in [-0.4, -0.2) is 36.5 Å². The minimum Gasteiger partial charge on any atom is -0.382 e. The maximum Gasteiger partial charge on any atom is 0.278 e. The van der Waals surface area contributed by atoms with Gasteiger partial charge in [-0.15, -0.1) is 11.3 Å². The van der Waals surface area contributed by atoms with Gasteiger partial charge in [-0.25, -0.2) is 0 Å². The van der Waals surface area contributed by atoms with E-state index in [1.54, 1.807) is 0 Å². The van der Waals surface area contributed by atoms with Gasteiger partial charge in [-0.05, 0) is 36.9 Å². The number of para-hydroxylation sites is 1. The molecule has 0 saturated heterocycles. The maximum absolute atomic E-state index is 12.9. The van der Waals surface area contributed by atoms with Gasteiger partial charge in [0.05, 0.1) is 5.57 Å². The lowest BCUT2D eigenvalue weighted by Gasteiger charge is -2.15. The van der Waals surface area contributed by atoms with Crippen molar-refractivity contribution in [3.8, 4) is 0 Å². The number of nitrogens with zero attached hydrogens (tertiary/aromatic N) is 1. The predicted molar refractivity (Wildman–Crippen MR) is 99.1 cm³/mol. The highest BCUT2D eigenvalue weighted by Gasteiger charge is 2.39. The molecule has 5 nitrogen and oxygen atoms in total. The zero-order chi connectivity index (χ0) is 17.6. The summed E-state index contributed by atoms with van der Waals surface area (Å²) in [5.41, 5.74) is 1.57. The first-order valence-electron chi connectivity index (χ1n) is 8.26. The molecule has 25 heavy (non-hydrogen) atoms. The van der Waals surface area contributed by atoms with Gasteiger partial charge >= 0.3 is 0 Å². The van der Waals surface area contributed by atoms with Gasteiger partial charge in [-0.2, -0.15) is 0 Å². The standard InChI is InChI=1S/C19H20N2O3S/c1-2-24-12-7-11-21-18(22)16(15-10-6-13-25-15)17(19(21)23)20-14-8-4-3-5-9-14/h3-6,8-10,13,20H,2,7,11-12H2,1H3. The Balaban J connectivity index is 1.86. The van der Waals surface area contributed by atoms with Crippen LogP contribution in [0.5, 0.6) is 0 Å². The first kappa shape index (κ1) is 17.4. The smallest absolute Gasteiger partial charge is 0.278 e. The number of imide groups is 1. The van der Waals surface area contributed by atoms with Gasteiger partial charge in [0.2, 0.25) is 0 Å². The van der Waals surface area contributed by atoms with Gasteiger partial charge in [0.1, 0.15) is 5.70 Å². The molecular formula is C19H20N2O3S. The molecule has 6 heteroatoms. The number of rotatable bonds is 8. The summed E-state index contributed by atoms with van der Waals surface area (Å²) in [7, 11) is 0. The summed E-state index contributed by atoms with van der Waals surface area (Å²) in [6.07, 6.45) is 0.627. The Labute approximate surface area is 150 Å². The summed E-state index contributed by atoms with van der Waals surface area (Å²) >= 11 is 1.45. The van der Waals surface area contributed by atoms with Crippen LogP contribution < -0.4 is 5.32 Å². The quantitative estimate of drug-likeness (QED) is 0.582. The molecule has 2 heterocycles. The van der Waals surface area contributed by atoms with Gasteiger partial charge in [-0.1, -0.05) is 24.3 Å². The second-order valence-corrected chi connectivity index (χ2v) is 6.48. The summed E-state index contributed by atoms with van der Waals surface area (Å²) < 4.78 is 5.31. The Bertz CT molecular complexity index is 769. The Morgan fingerprint density at radius 3 is 2.56 bits per heavy atom. The third kappa shape index (κ3) is 3.81. The van der Waals surface area contributed by atoms with Gasteiger partial charge in [0.15, 0.2) is 0 Å². The fourth-order valence-electron chi connectivity index (χ4n) is 2.68. The van der Waals surface area contributed by atoms with Crippen LogP contribution in [0.3, 0.4) is 0 Å². The number of hydrogen-bond acceptors (Lipinski definition) is 5. The highest BCUT2D eigenvalue weighted by molar-refractivity contribution is 7.11. The number of nitrogens with one attached hydrogen (secondary N) is 1. The number of benzene rings is 1. The fraction of sp³-hybridized carbons (Fsp3) is 0.263. The van der Waals surface area contributed by atoms with Gasteiger partial charge in [0, 0.05) is 30.3 Å². The summed E-state index contributed by atoms with van der Waals surface area (Å²) in [5.74, 6) is -0.531. The summed E-state index contributed by atoms with van der Waals surface area (Å²) in [6.45, 7) is 3.43. The lowest BCUT2D eigenvalue weighted by Crippen LogP contribution is -2.33. The highest BCUT2D eigenvalue weighted by Crippen LogP contribution is 2.32. The molecule has 130 valence electrons. The number of carbonyl (C=O) groups excluding carboxylic acids is 2. The number of ether oxygens (including phenoxy) is 1. The van der Waals surface area contributed by atoms with E-state index in [1.165, 1.54) is 16.2 Å². The molecule has 0 bridgehead atoms.